The molecule has 0 bridgehead atoms. The summed E-state index contributed by atoms with van der Waals surface area (Å²) in [7, 11) is 0.253. The quantitative estimate of drug-likeness (QED) is 0.154. The predicted molar refractivity (Wildman–Crippen MR) is 194 cm³/mol. The fraction of sp³-hybridized carbons (Fsp3) is 0.462. The van der Waals surface area contributed by atoms with E-state index < -0.39 is 38.1 Å². The highest BCUT2D eigenvalue weighted by Gasteiger charge is 2.51. The maximum absolute atomic E-state index is 14.0. The number of carbonyl (C=O) groups is 3. The molecule has 0 aliphatic carbocycles. The molecule has 0 aliphatic rings. The van der Waals surface area contributed by atoms with Crippen LogP contribution in [0.15, 0.2) is 91.0 Å². The van der Waals surface area contributed by atoms with Gasteiger partial charge >= 0.3 is 12.1 Å². The monoisotopic (exact) mass is 674 g/mol. The van der Waals surface area contributed by atoms with Crippen LogP contribution in [0, 0.1) is 5.92 Å². The van der Waals surface area contributed by atoms with Crippen molar-refractivity contribution in [3.8, 4) is 0 Å². The molecule has 9 heteroatoms. The Bertz CT molecular complexity index is 1430. The molecule has 3 aromatic carbocycles. The van der Waals surface area contributed by atoms with Gasteiger partial charge in [-0.05, 0) is 47.7 Å². The van der Waals surface area contributed by atoms with Gasteiger partial charge in [0.2, 0.25) is 5.91 Å². The molecule has 0 unspecified atom stereocenters. The van der Waals surface area contributed by atoms with Gasteiger partial charge in [-0.15, -0.1) is 0 Å². The van der Waals surface area contributed by atoms with E-state index in [1.165, 1.54) is 9.80 Å². The second-order valence-electron chi connectivity index (χ2n) is 14.7. The first-order chi connectivity index (χ1) is 22.5. The van der Waals surface area contributed by atoms with E-state index in [0.29, 0.717) is 0 Å². The Balaban J connectivity index is 1.96. The first-order valence-corrected chi connectivity index (χ1v) is 18.6. The van der Waals surface area contributed by atoms with Crippen LogP contribution in [0.25, 0.3) is 0 Å². The topological polar surface area (TPSA) is 85.4 Å². The number of benzene rings is 3. The fourth-order valence-corrected chi connectivity index (χ4v) is 10.6. The number of nitrogens with zero attached hydrogens (tertiary/aromatic N) is 2. The Labute approximate surface area is 288 Å². The minimum atomic E-state index is -3.00. The number of ether oxygens (including phenoxy) is 2. The average Bonchev–Trinajstić information content (AvgIpc) is 3.03. The molecule has 3 rings (SSSR count). The molecule has 2 atom stereocenters. The van der Waals surface area contributed by atoms with Gasteiger partial charge < -0.3 is 23.7 Å². The van der Waals surface area contributed by atoms with Crippen LogP contribution >= 0.6 is 0 Å². The predicted octanol–water partition coefficient (Wildman–Crippen LogP) is 6.42. The standard InChI is InChI=1S/C39H54N2O6Si/c1-29(2)35(36(43)45-27-30-20-14-11-15-21-30)41(10)34(42)26-31(40(9)37(44)47-38(3,4)5)28-46-48(39(6,7)8,32-22-16-12-17-23-32)33-24-18-13-19-25-33/h11-25,29,31,35H,26-28H2,1-10H3/t31-,35-/m0/s1. The molecule has 260 valence electrons. The van der Waals surface area contributed by atoms with E-state index in [0.717, 1.165) is 15.9 Å². The molecule has 0 aromatic heterocycles. The van der Waals surface area contributed by atoms with Gasteiger partial charge in [-0.2, -0.15) is 0 Å². The molecule has 0 heterocycles. The third kappa shape index (κ3) is 9.79. The summed E-state index contributed by atoms with van der Waals surface area (Å²) in [6, 6.07) is 28.4. The van der Waals surface area contributed by atoms with Crippen LogP contribution in [-0.2, 0) is 30.1 Å². The highest BCUT2D eigenvalue weighted by molar-refractivity contribution is 6.99. The first-order valence-electron chi connectivity index (χ1n) is 16.6. The van der Waals surface area contributed by atoms with Gasteiger partial charge in [0, 0.05) is 20.5 Å². The van der Waals surface area contributed by atoms with Crippen LogP contribution in [-0.4, -0.2) is 74.5 Å². The van der Waals surface area contributed by atoms with Crippen molar-refractivity contribution in [3.63, 3.8) is 0 Å². The van der Waals surface area contributed by atoms with Crippen molar-refractivity contribution < 1.29 is 28.3 Å². The average molecular weight is 675 g/mol. The Kier molecular flexibility index (Phi) is 13.2. The summed E-state index contributed by atoms with van der Waals surface area (Å²) in [4.78, 5) is 43.7. The third-order valence-corrected chi connectivity index (χ3v) is 13.5. The maximum Gasteiger partial charge on any atom is 0.410 e. The minimum absolute atomic E-state index is 0.0768. The lowest BCUT2D eigenvalue weighted by Gasteiger charge is -2.44. The lowest BCUT2D eigenvalue weighted by molar-refractivity contribution is -0.157. The van der Waals surface area contributed by atoms with E-state index in [1.54, 1.807) is 34.9 Å². The number of rotatable bonds is 13. The smallest absolute Gasteiger partial charge is 0.410 e. The summed E-state index contributed by atoms with van der Waals surface area (Å²) in [6.07, 6.45) is -0.642. The summed E-state index contributed by atoms with van der Waals surface area (Å²) < 4.78 is 18.6. The molecule has 2 amide bonds. The van der Waals surface area contributed by atoms with Gasteiger partial charge in [0.25, 0.3) is 8.32 Å². The van der Waals surface area contributed by atoms with Crippen molar-refractivity contribution in [1.29, 1.82) is 0 Å². The van der Waals surface area contributed by atoms with Gasteiger partial charge in [0.1, 0.15) is 18.2 Å². The molecule has 0 N–H and O–H groups in total. The van der Waals surface area contributed by atoms with Gasteiger partial charge in [0.15, 0.2) is 0 Å². The summed E-state index contributed by atoms with van der Waals surface area (Å²) in [5, 5.41) is 1.87. The number of carbonyl (C=O) groups excluding carboxylic acids is 3. The molecule has 8 nitrogen and oxygen atoms in total. The van der Waals surface area contributed by atoms with Gasteiger partial charge in [-0.1, -0.05) is 126 Å². The van der Waals surface area contributed by atoms with Crippen molar-refractivity contribution >= 4 is 36.7 Å². The highest BCUT2D eigenvalue weighted by atomic mass is 28.4. The Morgan fingerprint density at radius 3 is 1.65 bits per heavy atom. The first kappa shape index (κ1) is 38.5. The number of esters is 1. The molecule has 0 fully saturated rings. The molecular formula is C39H54N2O6Si. The lowest BCUT2D eigenvalue weighted by atomic mass is 10.0. The zero-order valence-electron chi connectivity index (χ0n) is 30.4. The summed E-state index contributed by atoms with van der Waals surface area (Å²) in [6.45, 7) is 15.9. The lowest BCUT2D eigenvalue weighted by Crippen LogP contribution is -2.67. The van der Waals surface area contributed by atoms with E-state index in [9.17, 15) is 14.4 Å². The largest absolute Gasteiger partial charge is 0.459 e. The van der Waals surface area contributed by atoms with Gasteiger partial charge in [-0.3, -0.25) is 4.79 Å². The minimum Gasteiger partial charge on any atom is -0.459 e. The maximum atomic E-state index is 14.0. The van der Waals surface area contributed by atoms with Crippen molar-refractivity contribution in [2.24, 2.45) is 5.92 Å². The zero-order valence-corrected chi connectivity index (χ0v) is 31.4. The molecule has 0 saturated heterocycles. The van der Waals surface area contributed by atoms with Crippen molar-refractivity contribution in [3.05, 3.63) is 96.6 Å². The fourth-order valence-electron chi connectivity index (χ4n) is 5.97. The highest BCUT2D eigenvalue weighted by Crippen LogP contribution is 2.37. The number of likely N-dealkylation sites (N-methyl/N-ethyl adjacent to an activating group) is 2. The van der Waals surface area contributed by atoms with Crippen molar-refractivity contribution in [1.82, 2.24) is 9.80 Å². The molecule has 48 heavy (non-hydrogen) atoms. The normalized spacial score (nSPS) is 13.4. The van der Waals surface area contributed by atoms with E-state index in [2.05, 4.69) is 45.0 Å². The molecule has 3 aromatic rings. The number of hydrogen-bond acceptors (Lipinski definition) is 6. The molecular weight excluding hydrogens is 621 g/mol. The summed E-state index contributed by atoms with van der Waals surface area (Å²) in [5.41, 5.74) is 0.128. The second-order valence-corrected chi connectivity index (χ2v) is 19.0. The van der Waals surface area contributed by atoms with Gasteiger partial charge in [0.05, 0.1) is 12.6 Å². The number of amides is 2. The van der Waals surface area contributed by atoms with Crippen LogP contribution in [0.3, 0.4) is 0 Å². The summed E-state index contributed by atoms with van der Waals surface area (Å²) in [5.74, 6) is -1.00. The number of hydrogen-bond donors (Lipinski definition) is 0. The second kappa shape index (κ2) is 16.4. The molecule has 0 aliphatic heterocycles. The van der Waals surface area contributed by atoms with Crippen LogP contribution < -0.4 is 10.4 Å². The SMILES string of the molecule is CC(C)[C@@H](C(=O)OCc1ccccc1)N(C)C(=O)C[C@@H](CO[Si](c1ccccc1)(c1ccccc1)C(C)(C)C)N(C)C(=O)OC(C)(C)C. The van der Waals surface area contributed by atoms with Crippen LogP contribution in [0.4, 0.5) is 4.79 Å². The Hall–Kier alpha value is -3.95. The Morgan fingerprint density at radius 1 is 0.729 bits per heavy atom. The molecule has 0 spiro atoms. The van der Waals surface area contributed by atoms with Crippen LogP contribution in [0.1, 0.15) is 67.4 Å². The third-order valence-electron chi connectivity index (χ3n) is 8.46. The van der Waals surface area contributed by atoms with E-state index >= 15 is 0 Å². The van der Waals surface area contributed by atoms with Gasteiger partial charge in [-0.25, -0.2) is 9.59 Å². The summed E-state index contributed by atoms with van der Waals surface area (Å²) >= 11 is 0. The molecule has 0 saturated carbocycles. The van der Waals surface area contributed by atoms with Crippen LogP contribution in [0.5, 0.6) is 0 Å². The van der Waals surface area contributed by atoms with Crippen molar-refractivity contribution in [2.45, 2.75) is 91.1 Å². The van der Waals surface area contributed by atoms with E-state index in [-0.39, 0.29) is 36.5 Å². The molecule has 0 radical (unpaired) electrons. The van der Waals surface area contributed by atoms with Crippen molar-refractivity contribution in [2.75, 3.05) is 20.7 Å². The zero-order chi connectivity index (χ0) is 35.7. The van der Waals surface area contributed by atoms with E-state index in [4.69, 9.17) is 13.9 Å². The van der Waals surface area contributed by atoms with Crippen LogP contribution in [0.2, 0.25) is 5.04 Å². The van der Waals surface area contributed by atoms with E-state index in [1.807, 2.05) is 80.6 Å². The Morgan fingerprint density at radius 2 is 1.21 bits per heavy atom.